The second kappa shape index (κ2) is 18.1. The van der Waals surface area contributed by atoms with Crippen molar-refractivity contribution in [1.82, 2.24) is 20.0 Å². The third-order valence-electron chi connectivity index (χ3n) is 13.0. The van der Waals surface area contributed by atoms with Gasteiger partial charge in [-0.05, 0) is 134 Å². The number of benzene rings is 4. The van der Waals surface area contributed by atoms with Crippen molar-refractivity contribution < 1.29 is 23.8 Å². The van der Waals surface area contributed by atoms with Crippen molar-refractivity contribution in [3.8, 4) is 11.5 Å². The highest BCUT2D eigenvalue weighted by Crippen LogP contribution is 2.37. The maximum absolute atomic E-state index is 15.7. The molecule has 0 aliphatic carbocycles. The van der Waals surface area contributed by atoms with Gasteiger partial charge in [-0.15, -0.1) is 0 Å². The number of ether oxygens (including phenoxy) is 1. The van der Waals surface area contributed by atoms with Crippen molar-refractivity contribution in [3.05, 3.63) is 125 Å². The highest BCUT2D eigenvalue weighted by atomic mass is 19.1. The molecule has 2 N–H and O–H groups in total. The molecule has 0 saturated carbocycles. The van der Waals surface area contributed by atoms with Gasteiger partial charge in [-0.3, -0.25) is 29.6 Å². The van der Waals surface area contributed by atoms with E-state index in [0.717, 1.165) is 92.1 Å². The molecule has 4 aromatic carbocycles. The van der Waals surface area contributed by atoms with Crippen LogP contribution in [0.1, 0.15) is 80.7 Å². The molecule has 0 aromatic heterocycles. The first kappa shape index (κ1) is 40.7. The lowest BCUT2D eigenvalue weighted by molar-refractivity contribution is -0.137. The zero-order chi connectivity index (χ0) is 41.0. The van der Waals surface area contributed by atoms with E-state index in [4.69, 9.17) is 4.74 Å². The minimum atomic E-state index is -0.352. The number of nitrogens with zero attached hydrogens (tertiary/aromatic N) is 4. The minimum Gasteiger partial charge on any atom is -0.508 e. The highest BCUT2D eigenvalue weighted by Gasteiger charge is 2.37. The van der Waals surface area contributed by atoms with Crippen molar-refractivity contribution in [2.45, 2.75) is 84.1 Å². The minimum absolute atomic E-state index is 0.198. The number of carbonyl (C=O) groups is 2. The highest BCUT2D eigenvalue weighted by molar-refractivity contribution is 6.00. The normalized spacial score (nSPS) is 22.6. The summed E-state index contributed by atoms with van der Waals surface area (Å²) in [7, 11) is 0. The molecule has 4 aliphatic rings. The predicted molar refractivity (Wildman–Crippen MR) is 232 cm³/mol. The van der Waals surface area contributed by atoms with Gasteiger partial charge < -0.3 is 14.7 Å². The van der Waals surface area contributed by atoms with Crippen LogP contribution in [0.15, 0.2) is 91.0 Å². The summed E-state index contributed by atoms with van der Waals surface area (Å²) in [6.07, 6.45) is 4.04. The number of piperazine rings is 1. The van der Waals surface area contributed by atoms with Crippen LogP contribution >= 0.6 is 0 Å². The number of aromatic hydroxyl groups is 1. The first-order chi connectivity index (χ1) is 28.6. The third kappa shape index (κ3) is 9.25. The molecule has 3 saturated heterocycles. The number of hydrogen-bond acceptors (Lipinski definition) is 8. The molecule has 4 aromatic rings. The van der Waals surface area contributed by atoms with Crippen LogP contribution in [0.25, 0.3) is 11.1 Å². The lowest BCUT2D eigenvalue weighted by Gasteiger charge is -2.47. The van der Waals surface area contributed by atoms with Crippen molar-refractivity contribution >= 4 is 28.6 Å². The Morgan fingerprint density at radius 1 is 0.831 bits per heavy atom. The van der Waals surface area contributed by atoms with Crippen LogP contribution in [0.5, 0.6) is 11.5 Å². The Kier molecular flexibility index (Phi) is 12.5. The standard InChI is InChI=1S/C49H58FN5O4/c1-4-43(36-8-6-5-7-9-36)48(37-10-14-41(56)15-11-37)38-12-16-42(17-13-38)59-25-24-52-22-20-35(21-23-52)30-55-33(2)28-53(29-34(55)3)46-27-40-32-54(31-39(40)26-44(46)50)45-18-19-47(57)51-49(45)58/h5-17,26-27,33-35,45,56H,4,18-25,28-32H2,1-3H3,(H,51,57,58). The topological polar surface area (TPSA) is 88.6 Å². The number of phenols is 1. The largest absolute Gasteiger partial charge is 0.508 e. The molecule has 59 heavy (non-hydrogen) atoms. The summed E-state index contributed by atoms with van der Waals surface area (Å²) >= 11 is 0. The third-order valence-corrected chi connectivity index (χ3v) is 13.0. The van der Waals surface area contributed by atoms with Crippen LogP contribution in [0.3, 0.4) is 0 Å². The summed E-state index contributed by atoms with van der Waals surface area (Å²) in [6.45, 7) is 14.1. The summed E-state index contributed by atoms with van der Waals surface area (Å²) in [4.78, 5) is 33.6. The van der Waals surface area contributed by atoms with E-state index in [1.807, 2.05) is 24.3 Å². The van der Waals surface area contributed by atoms with Crippen LogP contribution < -0.4 is 15.0 Å². The number of nitrogens with one attached hydrogen (secondary N) is 1. The Morgan fingerprint density at radius 3 is 2.12 bits per heavy atom. The fourth-order valence-electron chi connectivity index (χ4n) is 9.85. The average Bonchev–Trinajstić information content (AvgIpc) is 3.65. The van der Waals surface area contributed by atoms with E-state index >= 15 is 4.39 Å². The summed E-state index contributed by atoms with van der Waals surface area (Å²) in [5.41, 5.74) is 8.46. The number of likely N-dealkylation sites (tertiary alicyclic amines) is 1. The van der Waals surface area contributed by atoms with Gasteiger partial charge in [0, 0.05) is 57.8 Å². The SMILES string of the molecule is CCC(=C(c1ccc(O)cc1)c1ccc(OCCN2CCC(CN3C(C)CN(c4cc5c(cc4F)CN(C4CCC(=O)NC4=O)C5)CC3C)CC2)cc1)c1ccccc1. The van der Waals surface area contributed by atoms with Crippen molar-refractivity contribution in [3.63, 3.8) is 0 Å². The maximum Gasteiger partial charge on any atom is 0.243 e. The van der Waals surface area contributed by atoms with E-state index < -0.39 is 0 Å². The van der Waals surface area contributed by atoms with E-state index in [1.165, 1.54) is 11.1 Å². The summed E-state index contributed by atoms with van der Waals surface area (Å²) < 4.78 is 21.9. The van der Waals surface area contributed by atoms with E-state index in [9.17, 15) is 14.7 Å². The maximum atomic E-state index is 15.7. The van der Waals surface area contributed by atoms with Gasteiger partial charge in [-0.2, -0.15) is 0 Å². The lowest BCUT2D eigenvalue weighted by atomic mass is 9.88. The Bertz CT molecular complexity index is 2120. The van der Waals surface area contributed by atoms with Crippen molar-refractivity contribution in [1.29, 1.82) is 0 Å². The zero-order valence-electron chi connectivity index (χ0n) is 34.7. The smallest absolute Gasteiger partial charge is 0.243 e. The lowest BCUT2D eigenvalue weighted by Crippen LogP contribution is -2.58. The number of hydrogen-bond donors (Lipinski definition) is 2. The number of fused-ring (bicyclic) bond motifs is 1. The first-order valence-electron chi connectivity index (χ1n) is 21.6. The Hall–Kier alpha value is -5.03. The monoisotopic (exact) mass is 799 g/mol. The fraction of sp³-hybridized carbons (Fsp3) is 0.429. The number of piperidine rings is 2. The zero-order valence-corrected chi connectivity index (χ0v) is 34.7. The van der Waals surface area contributed by atoms with E-state index in [1.54, 1.807) is 18.2 Å². The summed E-state index contributed by atoms with van der Waals surface area (Å²) in [5.74, 6) is 1.09. The first-order valence-corrected chi connectivity index (χ1v) is 21.6. The molecule has 4 aliphatic heterocycles. The fourth-order valence-corrected chi connectivity index (χ4v) is 9.85. The number of phenolic OH excluding ortho intramolecular Hbond substituents is 1. The van der Waals surface area contributed by atoms with Gasteiger partial charge in [0.25, 0.3) is 0 Å². The second-order valence-corrected chi connectivity index (χ2v) is 17.0. The molecule has 3 fully saturated rings. The Balaban J connectivity index is 0.809. The van der Waals surface area contributed by atoms with Gasteiger partial charge in [0.1, 0.15) is 23.9 Å². The number of imide groups is 1. The van der Waals surface area contributed by atoms with Gasteiger partial charge in [0.05, 0.1) is 11.7 Å². The molecular formula is C49H58FN5O4. The molecular weight excluding hydrogens is 742 g/mol. The molecule has 0 spiro atoms. The van der Waals surface area contributed by atoms with Gasteiger partial charge in [-0.1, -0.05) is 61.5 Å². The van der Waals surface area contributed by atoms with Crippen LogP contribution in [0, 0.1) is 11.7 Å². The van der Waals surface area contributed by atoms with Crippen molar-refractivity contribution in [2.75, 3.05) is 50.8 Å². The molecule has 3 unspecified atom stereocenters. The molecule has 0 radical (unpaired) electrons. The molecule has 2 amide bonds. The van der Waals surface area contributed by atoms with Gasteiger partial charge in [0.2, 0.25) is 11.8 Å². The van der Waals surface area contributed by atoms with Crippen LogP contribution in [0.2, 0.25) is 0 Å². The predicted octanol–water partition coefficient (Wildman–Crippen LogP) is 7.71. The number of rotatable bonds is 12. The van der Waals surface area contributed by atoms with Gasteiger partial charge in [0.15, 0.2) is 0 Å². The van der Waals surface area contributed by atoms with E-state index in [-0.39, 0.29) is 29.4 Å². The van der Waals surface area contributed by atoms with Crippen LogP contribution in [0.4, 0.5) is 10.1 Å². The molecule has 10 heteroatoms. The van der Waals surface area contributed by atoms with Gasteiger partial charge >= 0.3 is 0 Å². The average molecular weight is 800 g/mol. The quantitative estimate of drug-likeness (QED) is 0.111. The summed E-state index contributed by atoms with van der Waals surface area (Å²) in [5, 5.41) is 12.4. The van der Waals surface area contributed by atoms with E-state index in [2.05, 4.69) is 94.2 Å². The second-order valence-electron chi connectivity index (χ2n) is 17.0. The number of anilines is 1. The van der Waals surface area contributed by atoms with E-state index in [0.29, 0.717) is 56.2 Å². The molecule has 0 bridgehead atoms. The van der Waals surface area contributed by atoms with Gasteiger partial charge in [-0.25, -0.2) is 4.39 Å². The Morgan fingerprint density at radius 2 is 1.47 bits per heavy atom. The number of allylic oxidation sites excluding steroid dienone is 1. The molecule has 8 rings (SSSR count). The molecule has 9 nitrogen and oxygen atoms in total. The molecule has 4 heterocycles. The molecule has 3 atom stereocenters. The van der Waals surface area contributed by atoms with Crippen molar-refractivity contribution in [2.24, 2.45) is 5.92 Å². The number of halogens is 1. The van der Waals surface area contributed by atoms with Crippen LogP contribution in [-0.4, -0.2) is 95.6 Å². The van der Waals surface area contributed by atoms with Crippen LogP contribution in [-0.2, 0) is 22.7 Å². The Labute approximate surface area is 348 Å². The number of amides is 2. The summed E-state index contributed by atoms with van der Waals surface area (Å²) in [6, 6.07) is 30.3. The molecule has 310 valence electrons. The number of carbonyl (C=O) groups excluding carboxylic acids is 2.